The van der Waals surface area contributed by atoms with Crippen molar-refractivity contribution in [1.82, 2.24) is 4.98 Å². The van der Waals surface area contributed by atoms with Crippen LogP contribution in [0.25, 0.3) is 0 Å². The molecule has 0 saturated heterocycles. The van der Waals surface area contributed by atoms with Crippen molar-refractivity contribution in [3.05, 3.63) is 34.2 Å². The zero-order chi connectivity index (χ0) is 19.0. The second kappa shape index (κ2) is 14.3. The van der Waals surface area contributed by atoms with Crippen molar-refractivity contribution in [2.45, 2.75) is 89.9 Å². The number of hydrogen-bond acceptors (Lipinski definition) is 3. The summed E-state index contributed by atoms with van der Waals surface area (Å²) in [6, 6.07) is 3.27. The number of carboxylic acid groups (broad SMARTS) is 1. The van der Waals surface area contributed by atoms with Crippen molar-refractivity contribution in [1.29, 1.82) is 0 Å². The van der Waals surface area contributed by atoms with Crippen molar-refractivity contribution >= 4 is 11.8 Å². The van der Waals surface area contributed by atoms with Gasteiger partial charge in [0.1, 0.15) is 5.78 Å². The van der Waals surface area contributed by atoms with Gasteiger partial charge in [-0.3, -0.25) is 14.4 Å². The van der Waals surface area contributed by atoms with E-state index in [0.29, 0.717) is 19.3 Å². The fourth-order valence-corrected chi connectivity index (χ4v) is 3.10. The minimum Gasteiger partial charge on any atom is -0.481 e. The number of rotatable bonds is 16. The minimum atomic E-state index is -0.693. The lowest BCUT2D eigenvalue weighted by molar-refractivity contribution is -0.137. The molecule has 0 bridgehead atoms. The molecular formula is C21H33NO4. The van der Waals surface area contributed by atoms with Crippen LogP contribution in [0.4, 0.5) is 0 Å². The summed E-state index contributed by atoms with van der Waals surface area (Å²) < 4.78 is 0. The van der Waals surface area contributed by atoms with Gasteiger partial charge in [-0.1, -0.05) is 57.8 Å². The van der Waals surface area contributed by atoms with Crippen molar-refractivity contribution in [3.63, 3.8) is 0 Å². The van der Waals surface area contributed by atoms with Crippen molar-refractivity contribution in [2.24, 2.45) is 0 Å². The first kappa shape index (κ1) is 22.1. The van der Waals surface area contributed by atoms with Crippen LogP contribution in [0.15, 0.2) is 23.1 Å². The second-order valence-corrected chi connectivity index (χ2v) is 7.06. The molecule has 0 aromatic carbocycles. The van der Waals surface area contributed by atoms with E-state index in [4.69, 9.17) is 5.11 Å². The Labute approximate surface area is 156 Å². The van der Waals surface area contributed by atoms with E-state index in [9.17, 15) is 14.4 Å². The molecular weight excluding hydrogens is 330 g/mol. The Morgan fingerprint density at radius 3 is 1.81 bits per heavy atom. The summed E-state index contributed by atoms with van der Waals surface area (Å²) in [6.45, 7) is 0. The first-order chi connectivity index (χ1) is 12.6. The van der Waals surface area contributed by atoms with E-state index in [0.717, 1.165) is 37.7 Å². The van der Waals surface area contributed by atoms with E-state index in [1.54, 1.807) is 12.3 Å². The highest BCUT2D eigenvalue weighted by Gasteiger charge is 2.04. The molecule has 5 heteroatoms. The molecule has 5 nitrogen and oxygen atoms in total. The predicted octanol–water partition coefficient (Wildman–Crippen LogP) is 4.64. The van der Waals surface area contributed by atoms with E-state index in [1.807, 2.05) is 0 Å². The number of pyridine rings is 1. The van der Waals surface area contributed by atoms with Crippen LogP contribution in [0.3, 0.4) is 0 Å². The number of unbranched alkanes of at least 4 members (excludes halogenated alkanes) is 10. The normalized spacial score (nSPS) is 10.8. The summed E-state index contributed by atoms with van der Waals surface area (Å²) in [5, 5.41) is 8.55. The zero-order valence-electron chi connectivity index (χ0n) is 15.8. The standard InChI is InChI=1S/C21H33NO4/c23-19(16-18-14-15-22-20(24)17-18)12-10-8-6-4-2-1-3-5-7-9-11-13-21(25)26/h14-15,17H,1-13,16H2,(H,22,24)(H,25,26). The zero-order valence-corrected chi connectivity index (χ0v) is 15.8. The van der Waals surface area contributed by atoms with Crippen molar-refractivity contribution in [3.8, 4) is 0 Å². The molecule has 1 aromatic rings. The molecule has 0 aliphatic rings. The topological polar surface area (TPSA) is 87.2 Å². The Hall–Kier alpha value is -1.91. The Bertz CT molecular complexity index is 579. The smallest absolute Gasteiger partial charge is 0.303 e. The summed E-state index contributed by atoms with van der Waals surface area (Å²) >= 11 is 0. The number of aromatic amines is 1. The number of carboxylic acids is 1. The molecule has 2 N–H and O–H groups in total. The quantitative estimate of drug-likeness (QED) is 0.419. The van der Waals surface area contributed by atoms with Gasteiger partial charge in [0.2, 0.25) is 5.56 Å². The molecule has 146 valence electrons. The summed E-state index contributed by atoms with van der Waals surface area (Å²) in [5.41, 5.74) is 0.636. The predicted molar refractivity (Wildman–Crippen MR) is 103 cm³/mol. The molecule has 0 saturated carbocycles. The van der Waals surface area contributed by atoms with Gasteiger partial charge in [0.25, 0.3) is 0 Å². The lowest BCUT2D eigenvalue weighted by atomic mass is 10.0. The van der Waals surface area contributed by atoms with Crippen LogP contribution in [0.2, 0.25) is 0 Å². The fraction of sp³-hybridized carbons (Fsp3) is 0.667. The molecule has 0 unspecified atom stereocenters. The van der Waals surface area contributed by atoms with Gasteiger partial charge in [0.15, 0.2) is 0 Å². The number of carbonyl (C=O) groups excluding carboxylic acids is 1. The van der Waals surface area contributed by atoms with Gasteiger partial charge < -0.3 is 10.1 Å². The molecule has 0 fully saturated rings. The fourth-order valence-electron chi connectivity index (χ4n) is 3.10. The van der Waals surface area contributed by atoms with Crippen molar-refractivity contribution in [2.75, 3.05) is 0 Å². The number of hydrogen-bond donors (Lipinski definition) is 2. The number of ketones is 1. The molecule has 0 spiro atoms. The number of H-pyrrole nitrogens is 1. The summed E-state index contributed by atoms with van der Waals surface area (Å²) in [6.07, 6.45) is 15.2. The van der Waals surface area contributed by atoms with Gasteiger partial charge in [-0.05, 0) is 24.5 Å². The lowest BCUT2D eigenvalue weighted by Crippen LogP contribution is -2.08. The maximum atomic E-state index is 11.9. The van der Waals surface area contributed by atoms with Gasteiger partial charge in [-0.25, -0.2) is 0 Å². The molecule has 26 heavy (non-hydrogen) atoms. The lowest BCUT2D eigenvalue weighted by Gasteiger charge is -2.03. The van der Waals surface area contributed by atoms with Crippen molar-refractivity contribution < 1.29 is 14.7 Å². The third-order valence-corrected chi connectivity index (χ3v) is 4.59. The van der Waals surface area contributed by atoms with Gasteiger partial charge >= 0.3 is 5.97 Å². The average molecular weight is 363 g/mol. The molecule has 1 aromatic heterocycles. The summed E-state index contributed by atoms with van der Waals surface area (Å²) in [4.78, 5) is 36.0. The third kappa shape index (κ3) is 12.5. The number of Topliss-reactive ketones (excluding diaryl/α,β-unsaturated/α-hetero) is 1. The van der Waals surface area contributed by atoms with Gasteiger partial charge in [-0.2, -0.15) is 0 Å². The Morgan fingerprint density at radius 1 is 0.808 bits per heavy atom. The highest BCUT2D eigenvalue weighted by molar-refractivity contribution is 5.80. The molecule has 0 radical (unpaired) electrons. The second-order valence-electron chi connectivity index (χ2n) is 7.06. The largest absolute Gasteiger partial charge is 0.481 e. The van der Waals surface area contributed by atoms with Crippen LogP contribution in [0.1, 0.15) is 89.0 Å². The molecule has 0 atom stereocenters. The third-order valence-electron chi connectivity index (χ3n) is 4.59. The Morgan fingerprint density at radius 2 is 1.31 bits per heavy atom. The van der Waals surface area contributed by atoms with E-state index < -0.39 is 5.97 Å². The summed E-state index contributed by atoms with van der Waals surface area (Å²) in [7, 11) is 0. The van der Waals surface area contributed by atoms with Crippen LogP contribution < -0.4 is 5.56 Å². The SMILES string of the molecule is O=C(O)CCCCCCCCCCCCCC(=O)Cc1cc[nH]c(=O)c1. The number of aromatic nitrogens is 1. The van der Waals surface area contributed by atoms with Crippen LogP contribution >= 0.6 is 0 Å². The highest BCUT2D eigenvalue weighted by atomic mass is 16.4. The molecule has 1 rings (SSSR count). The number of carbonyl (C=O) groups is 2. The van der Waals surface area contributed by atoms with E-state index >= 15 is 0 Å². The van der Waals surface area contributed by atoms with Crippen LogP contribution in [-0.2, 0) is 16.0 Å². The maximum Gasteiger partial charge on any atom is 0.303 e. The molecule has 0 aliphatic carbocycles. The van der Waals surface area contributed by atoms with Gasteiger partial charge in [0.05, 0.1) is 0 Å². The molecule has 1 heterocycles. The van der Waals surface area contributed by atoms with Gasteiger partial charge in [0, 0.05) is 31.5 Å². The monoisotopic (exact) mass is 363 g/mol. The average Bonchev–Trinajstić information content (AvgIpc) is 2.58. The number of nitrogens with one attached hydrogen (secondary N) is 1. The van der Waals surface area contributed by atoms with Crippen LogP contribution in [0.5, 0.6) is 0 Å². The van der Waals surface area contributed by atoms with E-state index in [1.165, 1.54) is 44.6 Å². The molecule has 0 aliphatic heterocycles. The maximum absolute atomic E-state index is 11.9. The first-order valence-corrected chi connectivity index (χ1v) is 9.99. The Balaban J connectivity index is 1.86. The van der Waals surface area contributed by atoms with Gasteiger partial charge in [-0.15, -0.1) is 0 Å². The summed E-state index contributed by atoms with van der Waals surface area (Å²) in [5.74, 6) is -0.486. The highest BCUT2D eigenvalue weighted by Crippen LogP contribution is 2.13. The first-order valence-electron chi connectivity index (χ1n) is 9.99. The minimum absolute atomic E-state index is 0.157. The molecule has 0 amide bonds. The number of aliphatic carboxylic acids is 1. The Kier molecular flexibility index (Phi) is 12.2. The van der Waals surface area contributed by atoms with E-state index in [-0.39, 0.29) is 11.3 Å². The van der Waals surface area contributed by atoms with Crippen LogP contribution in [-0.4, -0.2) is 21.8 Å². The van der Waals surface area contributed by atoms with Crippen LogP contribution in [0, 0.1) is 0 Å². The van der Waals surface area contributed by atoms with E-state index in [2.05, 4.69) is 4.98 Å².